The number of rotatable bonds is 4. The molecule has 0 radical (unpaired) electrons. The van der Waals surface area contributed by atoms with Gasteiger partial charge in [-0.25, -0.2) is 0 Å². The van der Waals surface area contributed by atoms with Crippen molar-refractivity contribution in [1.82, 2.24) is 9.78 Å². The van der Waals surface area contributed by atoms with Crippen molar-refractivity contribution >= 4 is 35.1 Å². The summed E-state index contributed by atoms with van der Waals surface area (Å²) in [5.41, 5.74) is 5.16. The molecule has 0 saturated carbocycles. The number of thioether (sulfide) groups is 2. The lowest BCUT2D eigenvalue weighted by Crippen LogP contribution is -2.15. The van der Waals surface area contributed by atoms with E-state index in [0.717, 1.165) is 22.6 Å². The van der Waals surface area contributed by atoms with Crippen molar-refractivity contribution < 1.29 is 4.79 Å². The number of carbonyl (C=O) groups is 1. The number of aryl methyl sites for hydroxylation is 2. The zero-order valence-corrected chi connectivity index (χ0v) is 16.0. The molecule has 24 heavy (non-hydrogen) atoms. The highest BCUT2D eigenvalue weighted by atomic mass is 32.2. The summed E-state index contributed by atoms with van der Waals surface area (Å²) in [5.74, 6) is 2.44. The van der Waals surface area contributed by atoms with Crippen LogP contribution in [-0.4, -0.2) is 27.2 Å². The SMILES string of the molecule is Cc1nn(C)c(C)c1CC(=O)Nc1cccc(C2SCCCS2)c1. The van der Waals surface area contributed by atoms with Crippen LogP contribution in [0.4, 0.5) is 5.69 Å². The lowest BCUT2D eigenvalue weighted by atomic mass is 10.1. The average molecular weight is 362 g/mol. The van der Waals surface area contributed by atoms with E-state index >= 15 is 0 Å². The van der Waals surface area contributed by atoms with Crippen LogP contribution in [0.2, 0.25) is 0 Å². The van der Waals surface area contributed by atoms with Crippen LogP contribution in [0.25, 0.3) is 0 Å². The first-order chi connectivity index (χ1) is 11.5. The van der Waals surface area contributed by atoms with Crippen LogP contribution in [0.3, 0.4) is 0 Å². The number of anilines is 1. The van der Waals surface area contributed by atoms with E-state index in [4.69, 9.17) is 0 Å². The highest BCUT2D eigenvalue weighted by Crippen LogP contribution is 2.44. The number of hydrogen-bond donors (Lipinski definition) is 1. The molecule has 0 spiro atoms. The molecule has 0 unspecified atom stereocenters. The van der Waals surface area contributed by atoms with Crippen LogP contribution in [0.15, 0.2) is 24.3 Å². The Labute approximate surface area is 151 Å². The standard InChI is InChI=1S/C18H23N3OS2/c1-12-16(13(2)21(3)20-12)11-17(22)19-15-7-4-6-14(10-15)18-23-8-5-9-24-18/h4,6-7,10,18H,5,8-9,11H2,1-3H3,(H,19,22). The number of nitrogens with one attached hydrogen (secondary N) is 1. The predicted molar refractivity (Wildman–Crippen MR) is 104 cm³/mol. The van der Waals surface area contributed by atoms with E-state index in [1.165, 1.54) is 23.5 Å². The number of benzene rings is 1. The predicted octanol–water partition coefficient (Wildman–Crippen LogP) is 4.09. The first-order valence-electron chi connectivity index (χ1n) is 8.16. The van der Waals surface area contributed by atoms with E-state index in [1.807, 2.05) is 61.2 Å². The van der Waals surface area contributed by atoms with Crippen molar-refractivity contribution in [2.45, 2.75) is 31.3 Å². The molecule has 3 rings (SSSR count). The zero-order chi connectivity index (χ0) is 17.1. The van der Waals surface area contributed by atoms with E-state index in [0.29, 0.717) is 11.0 Å². The van der Waals surface area contributed by atoms with Gasteiger partial charge in [0.05, 0.1) is 16.7 Å². The fraction of sp³-hybridized carbons (Fsp3) is 0.444. The number of amides is 1. The Morgan fingerprint density at radius 2 is 2.08 bits per heavy atom. The van der Waals surface area contributed by atoms with E-state index < -0.39 is 0 Å². The fourth-order valence-electron chi connectivity index (χ4n) is 2.88. The van der Waals surface area contributed by atoms with Gasteiger partial charge in [0.25, 0.3) is 0 Å². The van der Waals surface area contributed by atoms with Gasteiger partial charge in [-0.1, -0.05) is 12.1 Å². The van der Waals surface area contributed by atoms with Gasteiger partial charge < -0.3 is 5.32 Å². The Kier molecular flexibility index (Phi) is 5.56. The number of nitrogens with zero attached hydrogens (tertiary/aromatic N) is 2. The molecule has 1 aliphatic heterocycles. The van der Waals surface area contributed by atoms with Crippen LogP contribution >= 0.6 is 23.5 Å². The molecule has 1 amide bonds. The van der Waals surface area contributed by atoms with Gasteiger partial charge in [0.1, 0.15) is 0 Å². The van der Waals surface area contributed by atoms with Crippen LogP contribution in [-0.2, 0) is 18.3 Å². The topological polar surface area (TPSA) is 46.9 Å². The second-order valence-electron chi connectivity index (χ2n) is 6.05. The highest BCUT2D eigenvalue weighted by Gasteiger charge is 2.18. The Hall–Kier alpha value is -1.40. The fourth-order valence-corrected chi connectivity index (χ4v) is 5.76. The van der Waals surface area contributed by atoms with Gasteiger partial charge in [-0.2, -0.15) is 5.10 Å². The molecular formula is C18H23N3OS2. The summed E-state index contributed by atoms with van der Waals surface area (Å²) in [5, 5.41) is 7.42. The minimum Gasteiger partial charge on any atom is -0.326 e. The summed E-state index contributed by atoms with van der Waals surface area (Å²) in [6.07, 6.45) is 1.65. The molecule has 6 heteroatoms. The van der Waals surface area contributed by atoms with Gasteiger partial charge in [-0.05, 0) is 49.5 Å². The third-order valence-electron chi connectivity index (χ3n) is 4.27. The summed E-state index contributed by atoms with van der Waals surface area (Å²) >= 11 is 3.98. The van der Waals surface area contributed by atoms with Gasteiger partial charge in [0.2, 0.25) is 5.91 Å². The summed E-state index contributed by atoms with van der Waals surface area (Å²) in [4.78, 5) is 12.4. The molecular weight excluding hydrogens is 338 g/mol. The summed E-state index contributed by atoms with van der Waals surface area (Å²) < 4.78 is 2.31. The lowest BCUT2D eigenvalue weighted by Gasteiger charge is -2.21. The monoisotopic (exact) mass is 361 g/mol. The first kappa shape index (κ1) is 17.4. The second-order valence-corrected chi connectivity index (χ2v) is 8.77. The van der Waals surface area contributed by atoms with Crippen molar-refractivity contribution in [1.29, 1.82) is 0 Å². The summed E-state index contributed by atoms with van der Waals surface area (Å²) in [6.45, 7) is 3.95. The van der Waals surface area contributed by atoms with Crippen LogP contribution in [0.1, 0.15) is 33.5 Å². The van der Waals surface area contributed by atoms with Crippen LogP contribution < -0.4 is 5.32 Å². The Morgan fingerprint density at radius 3 is 2.75 bits per heavy atom. The third-order valence-corrected chi connectivity index (χ3v) is 7.28. The lowest BCUT2D eigenvalue weighted by molar-refractivity contribution is -0.115. The van der Waals surface area contributed by atoms with Gasteiger partial charge in [0, 0.05) is 24.0 Å². The first-order valence-corrected chi connectivity index (χ1v) is 10.3. The molecule has 1 aromatic heterocycles. The molecule has 1 fully saturated rings. The molecule has 4 nitrogen and oxygen atoms in total. The second kappa shape index (κ2) is 7.66. The summed E-state index contributed by atoms with van der Waals surface area (Å²) in [7, 11) is 1.91. The van der Waals surface area contributed by atoms with E-state index in [1.54, 1.807) is 0 Å². The molecule has 128 valence electrons. The van der Waals surface area contributed by atoms with E-state index in [2.05, 4.69) is 22.5 Å². The Bertz CT molecular complexity index is 736. The minimum absolute atomic E-state index is 0.00954. The number of aromatic nitrogens is 2. The van der Waals surface area contributed by atoms with E-state index in [9.17, 15) is 4.79 Å². The molecule has 1 N–H and O–H groups in total. The molecule has 0 bridgehead atoms. The normalized spacial score (nSPS) is 15.5. The zero-order valence-electron chi connectivity index (χ0n) is 14.3. The minimum atomic E-state index is 0.00954. The average Bonchev–Trinajstić information content (AvgIpc) is 2.82. The number of hydrogen-bond acceptors (Lipinski definition) is 4. The highest BCUT2D eigenvalue weighted by molar-refractivity contribution is 8.16. The molecule has 0 aliphatic carbocycles. The molecule has 1 saturated heterocycles. The largest absolute Gasteiger partial charge is 0.326 e. The van der Waals surface area contributed by atoms with Gasteiger partial charge in [-0.3, -0.25) is 9.48 Å². The Balaban J connectivity index is 1.68. The smallest absolute Gasteiger partial charge is 0.228 e. The van der Waals surface area contributed by atoms with Crippen LogP contribution in [0, 0.1) is 13.8 Å². The van der Waals surface area contributed by atoms with Crippen molar-refractivity contribution in [2.24, 2.45) is 7.05 Å². The summed E-state index contributed by atoms with van der Waals surface area (Å²) in [6, 6.07) is 8.25. The van der Waals surface area contributed by atoms with Crippen LogP contribution in [0.5, 0.6) is 0 Å². The maximum absolute atomic E-state index is 12.4. The van der Waals surface area contributed by atoms with Gasteiger partial charge in [-0.15, -0.1) is 23.5 Å². The molecule has 0 atom stereocenters. The molecule has 1 aliphatic rings. The maximum atomic E-state index is 12.4. The van der Waals surface area contributed by atoms with Crippen molar-refractivity contribution in [3.8, 4) is 0 Å². The van der Waals surface area contributed by atoms with Gasteiger partial charge >= 0.3 is 0 Å². The van der Waals surface area contributed by atoms with Crippen molar-refractivity contribution in [3.63, 3.8) is 0 Å². The third kappa shape index (κ3) is 3.98. The molecule has 2 heterocycles. The number of carbonyl (C=O) groups excluding carboxylic acids is 1. The van der Waals surface area contributed by atoms with E-state index in [-0.39, 0.29) is 5.91 Å². The molecule has 1 aromatic carbocycles. The maximum Gasteiger partial charge on any atom is 0.228 e. The molecule has 2 aromatic rings. The quantitative estimate of drug-likeness (QED) is 0.891. The Morgan fingerprint density at radius 1 is 1.33 bits per heavy atom. The van der Waals surface area contributed by atoms with Crippen molar-refractivity contribution in [3.05, 3.63) is 46.8 Å². The van der Waals surface area contributed by atoms with Crippen molar-refractivity contribution in [2.75, 3.05) is 16.8 Å². The van der Waals surface area contributed by atoms with Gasteiger partial charge in [0.15, 0.2) is 0 Å².